The van der Waals surface area contributed by atoms with Crippen LogP contribution in [0.4, 0.5) is 5.69 Å². The maximum atomic E-state index is 6.10. The van der Waals surface area contributed by atoms with Gasteiger partial charge in [-0.25, -0.2) is 0 Å². The average molecular weight is 277 g/mol. The Hall–Kier alpha value is -1.58. The molecule has 0 unspecified atom stereocenters. The van der Waals surface area contributed by atoms with Gasteiger partial charge < -0.3 is 11.1 Å². The molecule has 4 heteroatoms. The summed E-state index contributed by atoms with van der Waals surface area (Å²) in [5, 5.41) is 3.87. The summed E-state index contributed by atoms with van der Waals surface area (Å²) < 4.78 is 0. The largest absolute Gasteiger partial charge is 0.389 e. The molecule has 3 N–H and O–H groups in total. The minimum Gasteiger partial charge on any atom is -0.389 e. The van der Waals surface area contributed by atoms with E-state index in [1.807, 2.05) is 36.4 Å². The molecule has 0 aliphatic carbocycles. The van der Waals surface area contributed by atoms with Gasteiger partial charge in [0.25, 0.3) is 0 Å². The van der Waals surface area contributed by atoms with Gasteiger partial charge in [0.15, 0.2) is 0 Å². The van der Waals surface area contributed by atoms with Crippen molar-refractivity contribution >= 4 is 34.5 Å². The predicted octanol–water partition coefficient (Wildman–Crippen LogP) is 3.59. The Bertz CT molecular complexity index is 555. The van der Waals surface area contributed by atoms with Crippen molar-refractivity contribution in [3.05, 3.63) is 64.7 Å². The Morgan fingerprint density at radius 3 is 2.50 bits per heavy atom. The molecule has 0 aromatic heterocycles. The lowest BCUT2D eigenvalue weighted by atomic mass is 10.2. The van der Waals surface area contributed by atoms with E-state index in [1.165, 1.54) is 5.56 Å². The van der Waals surface area contributed by atoms with Gasteiger partial charge in [0.05, 0.1) is 5.02 Å². The van der Waals surface area contributed by atoms with E-state index < -0.39 is 0 Å². The van der Waals surface area contributed by atoms with E-state index in [1.54, 1.807) is 0 Å². The van der Waals surface area contributed by atoms with Crippen LogP contribution in [0.5, 0.6) is 0 Å². The van der Waals surface area contributed by atoms with Gasteiger partial charge in [0.2, 0.25) is 0 Å². The molecule has 0 saturated heterocycles. The third kappa shape index (κ3) is 3.22. The van der Waals surface area contributed by atoms with Gasteiger partial charge >= 0.3 is 0 Å². The van der Waals surface area contributed by atoms with Crippen molar-refractivity contribution in [1.82, 2.24) is 0 Å². The van der Waals surface area contributed by atoms with Crippen LogP contribution in [0.2, 0.25) is 5.02 Å². The van der Waals surface area contributed by atoms with Crippen LogP contribution in [0.3, 0.4) is 0 Å². The molecular weight excluding hydrogens is 264 g/mol. The third-order valence-electron chi connectivity index (χ3n) is 2.57. The van der Waals surface area contributed by atoms with Crippen LogP contribution in [0.25, 0.3) is 0 Å². The molecule has 92 valence electrons. The van der Waals surface area contributed by atoms with Crippen molar-refractivity contribution in [2.75, 3.05) is 5.32 Å². The molecule has 0 spiro atoms. The summed E-state index contributed by atoms with van der Waals surface area (Å²) in [6.07, 6.45) is 0. The second kappa shape index (κ2) is 5.85. The lowest BCUT2D eigenvalue weighted by Gasteiger charge is -2.09. The summed E-state index contributed by atoms with van der Waals surface area (Å²) in [5.74, 6) is 0. The van der Waals surface area contributed by atoms with Crippen LogP contribution in [0.15, 0.2) is 48.5 Å². The van der Waals surface area contributed by atoms with Crippen molar-refractivity contribution < 1.29 is 0 Å². The lowest BCUT2D eigenvalue weighted by molar-refractivity contribution is 1.15. The molecule has 2 rings (SSSR count). The van der Waals surface area contributed by atoms with Crippen LogP contribution in [-0.4, -0.2) is 4.99 Å². The summed E-state index contributed by atoms with van der Waals surface area (Å²) in [7, 11) is 0. The van der Waals surface area contributed by atoms with Crippen LogP contribution in [-0.2, 0) is 6.54 Å². The molecule has 0 atom stereocenters. The van der Waals surface area contributed by atoms with E-state index in [4.69, 9.17) is 29.6 Å². The van der Waals surface area contributed by atoms with Gasteiger partial charge in [-0.15, -0.1) is 0 Å². The monoisotopic (exact) mass is 276 g/mol. The second-order valence-electron chi connectivity index (χ2n) is 3.90. The van der Waals surface area contributed by atoms with Crippen LogP contribution in [0, 0.1) is 0 Å². The van der Waals surface area contributed by atoms with Gasteiger partial charge in [-0.1, -0.05) is 54.2 Å². The SMILES string of the molecule is NC(=S)c1ccc(NCc2ccccc2)cc1Cl. The van der Waals surface area contributed by atoms with Gasteiger partial charge in [0, 0.05) is 17.8 Å². The number of hydrogen-bond donors (Lipinski definition) is 2. The Kier molecular flexibility index (Phi) is 4.18. The average Bonchev–Trinajstić information content (AvgIpc) is 2.37. The highest BCUT2D eigenvalue weighted by molar-refractivity contribution is 7.80. The molecule has 0 saturated carbocycles. The predicted molar refractivity (Wildman–Crippen MR) is 81.1 cm³/mol. The highest BCUT2D eigenvalue weighted by Gasteiger charge is 2.04. The summed E-state index contributed by atoms with van der Waals surface area (Å²) in [5.41, 5.74) is 8.42. The quantitative estimate of drug-likeness (QED) is 0.838. The number of rotatable bonds is 4. The number of benzene rings is 2. The Morgan fingerprint density at radius 1 is 1.17 bits per heavy atom. The first-order chi connectivity index (χ1) is 8.66. The van der Waals surface area contributed by atoms with Crippen molar-refractivity contribution in [1.29, 1.82) is 0 Å². The fourth-order valence-electron chi connectivity index (χ4n) is 1.62. The molecule has 18 heavy (non-hydrogen) atoms. The van der Waals surface area contributed by atoms with Crippen LogP contribution >= 0.6 is 23.8 Å². The number of thiocarbonyl (C=S) groups is 1. The van der Waals surface area contributed by atoms with Gasteiger partial charge in [-0.05, 0) is 23.8 Å². The Morgan fingerprint density at radius 2 is 1.89 bits per heavy atom. The highest BCUT2D eigenvalue weighted by Crippen LogP contribution is 2.21. The fourth-order valence-corrected chi connectivity index (χ4v) is 2.14. The van der Waals surface area contributed by atoms with E-state index in [-0.39, 0.29) is 0 Å². The molecule has 0 aliphatic heterocycles. The number of hydrogen-bond acceptors (Lipinski definition) is 2. The minimum absolute atomic E-state index is 0.314. The third-order valence-corrected chi connectivity index (χ3v) is 3.11. The van der Waals surface area contributed by atoms with Gasteiger partial charge in [-0.3, -0.25) is 0 Å². The molecule has 0 amide bonds. The summed E-state index contributed by atoms with van der Waals surface area (Å²) in [6.45, 7) is 0.754. The molecule has 0 bridgehead atoms. The topological polar surface area (TPSA) is 38.0 Å². The first kappa shape index (κ1) is 12.9. The summed E-state index contributed by atoms with van der Waals surface area (Å²) in [6, 6.07) is 15.7. The fraction of sp³-hybridized carbons (Fsp3) is 0.0714. The van der Waals surface area contributed by atoms with Crippen molar-refractivity contribution in [2.24, 2.45) is 5.73 Å². The van der Waals surface area contributed by atoms with Crippen molar-refractivity contribution in [2.45, 2.75) is 6.54 Å². The smallest absolute Gasteiger partial charge is 0.105 e. The number of nitrogens with one attached hydrogen (secondary N) is 1. The zero-order chi connectivity index (χ0) is 13.0. The summed E-state index contributed by atoms with van der Waals surface area (Å²) in [4.78, 5) is 0.314. The molecule has 2 aromatic rings. The molecule has 0 radical (unpaired) electrons. The maximum Gasteiger partial charge on any atom is 0.105 e. The number of nitrogens with two attached hydrogens (primary N) is 1. The molecule has 0 aliphatic rings. The minimum atomic E-state index is 0.314. The zero-order valence-electron chi connectivity index (χ0n) is 9.69. The van der Waals surface area contributed by atoms with Crippen molar-refractivity contribution in [3.8, 4) is 0 Å². The van der Waals surface area contributed by atoms with E-state index in [0.717, 1.165) is 12.2 Å². The first-order valence-corrected chi connectivity index (χ1v) is 6.32. The normalized spacial score (nSPS) is 10.1. The first-order valence-electron chi connectivity index (χ1n) is 5.54. The van der Waals surface area contributed by atoms with E-state index >= 15 is 0 Å². The highest BCUT2D eigenvalue weighted by atomic mass is 35.5. The summed E-state index contributed by atoms with van der Waals surface area (Å²) >= 11 is 11.0. The van der Waals surface area contributed by atoms with E-state index in [0.29, 0.717) is 15.6 Å². The van der Waals surface area contributed by atoms with Gasteiger partial charge in [-0.2, -0.15) is 0 Å². The molecule has 0 heterocycles. The number of anilines is 1. The van der Waals surface area contributed by atoms with Crippen LogP contribution in [0.1, 0.15) is 11.1 Å². The lowest BCUT2D eigenvalue weighted by Crippen LogP contribution is -2.10. The molecule has 2 aromatic carbocycles. The van der Waals surface area contributed by atoms with E-state index in [2.05, 4.69) is 17.4 Å². The standard InChI is InChI=1S/C14H13ClN2S/c15-13-8-11(6-7-12(13)14(16)18)17-9-10-4-2-1-3-5-10/h1-8,17H,9H2,(H2,16,18). The zero-order valence-corrected chi connectivity index (χ0v) is 11.3. The Labute approximate surface area is 117 Å². The van der Waals surface area contributed by atoms with Crippen LogP contribution < -0.4 is 11.1 Å². The second-order valence-corrected chi connectivity index (χ2v) is 4.75. The molecular formula is C14H13ClN2S. The van der Waals surface area contributed by atoms with Crippen molar-refractivity contribution in [3.63, 3.8) is 0 Å². The van der Waals surface area contributed by atoms with Gasteiger partial charge in [0.1, 0.15) is 4.99 Å². The number of halogens is 1. The molecule has 0 fully saturated rings. The maximum absolute atomic E-state index is 6.10. The molecule has 2 nitrogen and oxygen atoms in total. The Balaban J connectivity index is 2.07. The van der Waals surface area contributed by atoms with E-state index in [9.17, 15) is 0 Å².